The number of halogens is 2. The largest absolute Gasteiger partial charge is 0.481 e. The highest BCUT2D eigenvalue weighted by molar-refractivity contribution is 5.70. The molecule has 16 heavy (non-hydrogen) atoms. The lowest BCUT2D eigenvalue weighted by molar-refractivity contribution is -0.136. The van der Waals surface area contributed by atoms with Crippen molar-refractivity contribution in [2.45, 2.75) is 12.8 Å². The van der Waals surface area contributed by atoms with Crippen LogP contribution in [-0.2, 0) is 11.2 Å². The minimum atomic E-state index is -2.82. The summed E-state index contributed by atoms with van der Waals surface area (Å²) in [7, 11) is 1.27. The molecule has 0 radical (unpaired) electrons. The normalized spacial score (nSPS) is 10.5. The predicted octanol–water partition coefficient (Wildman–Crippen LogP) is 1.24. The fourth-order valence-electron chi connectivity index (χ4n) is 1.20. The van der Waals surface area contributed by atoms with Gasteiger partial charge in [0.25, 0.3) is 6.43 Å². The van der Waals surface area contributed by atoms with Gasteiger partial charge < -0.3 is 15.6 Å². The van der Waals surface area contributed by atoms with E-state index in [1.54, 1.807) is 0 Å². The van der Waals surface area contributed by atoms with Gasteiger partial charge in [0.2, 0.25) is 5.88 Å². The molecule has 3 N–H and O–H groups in total. The number of anilines is 1. The number of hydrogen-bond donors (Lipinski definition) is 2. The van der Waals surface area contributed by atoms with Crippen LogP contribution in [0.5, 0.6) is 5.88 Å². The third-order valence-electron chi connectivity index (χ3n) is 1.87. The Labute approximate surface area is 89.9 Å². The van der Waals surface area contributed by atoms with E-state index >= 15 is 0 Å². The maximum Gasteiger partial charge on any atom is 0.309 e. The van der Waals surface area contributed by atoms with Gasteiger partial charge >= 0.3 is 5.97 Å². The zero-order valence-corrected chi connectivity index (χ0v) is 8.41. The standard InChI is InChI=1S/C9H10F2N2O3/c1-16-9-5(12)2-4(8(10)11)6(13-9)3-7(14)15/h2,8H,3,12H2,1H3,(H,14,15). The van der Waals surface area contributed by atoms with Gasteiger partial charge in [-0.15, -0.1) is 0 Å². The Balaban J connectivity index is 3.24. The molecule has 1 heterocycles. The summed E-state index contributed by atoms with van der Waals surface area (Å²) in [6, 6.07) is 0.981. The molecule has 7 heteroatoms. The SMILES string of the molecule is COc1nc(CC(=O)O)c(C(F)F)cc1N. The van der Waals surface area contributed by atoms with Gasteiger partial charge in [-0.05, 0) is 6.07 Å². The first kappa shape index (κ1) is 12.2. The lowest BCUT2D eigenvalue weighted by Crippen LogP contribution is -2.09. The van der Waals surface area contributed by atoms with Crippen molar-refractivity contribution in [3.8, 4) is 5.88 Å². The number of rotatable bonds is 4. The van der Waals surface area contributed by atoms with Crippen LogP contribution in [0.25, 0.3) is 0 Å². The molecule has 0 aliphatic heterocycles. The van der Waals surface area contributed by atoms with Crippen molar-refractivity contribution in [3.63, 3.8) is 0 Å². The summed E-state index contributed by atoms with van der Waals surface area (Å²) in [6.07, 6.45) is -3.42. The van der Waals surface area contributed by atoms with E-state index < -0.39 is 24.4 Å². The van der Waals surface area contributed by atoms with Gasteiger partial charge in [0.15, 0.2) is 0 Å². The van der Waals surface area contributed by atoms with Crippen molar-refractivity contribution in [1.29, 1.82) is 0 Å². The second kappa shape index (κ2) is 4.73. The Morgan fingerprint density at radius 1 is 1.69 bits per heavy atom. The van der Waals surface area contributed by atoms with E-state index in [0.717, 1.165) is 6.07 Å². The number of aromatic nitrogens is 1. The second-order valence-corrected chi connectivity index (χ2v) is 2.99. The quantitative estimate of drug-likeness (QED) is 0.815. The molecule has 1 aromatic heterocycles. The van der Waals surface area contributed by atoms with E-state index in [1.165, 1.54) is 7.11 Å². The molecule has 0 aromatic carbocycles. The van der Waals surface area contributed by atoms with E-state index in [-0.39, 0.29) is 17.3 Å². The number of ether oxygens (including phenoxy) is 1. The topological polar surface area (TPSA) is 85.4 Å². The van der Waals surface area contributed by atoms with E-state index in [0.29, 0.717) is 0 Å². The highest BCUT2D eigenvalue weighted by atomic mass is 19.3. The van der Waals surface area contributed by atoms with Crippen LogP contribution in [0.4, 0.5) is 14.5 Å². The van der Waals surface area contributed by atoms with Gasteiger partial charge in [-0.3, -0.25) is 4.79 Å². The van der Waals surface area contributed by atoms with Crippen molar-refractivity contribution in [3.05, 3.63) is 17.3 Å². The van der Waals surface area contributed by atoms with Gasteiger partial charge in [0.05, 0.1) is 24.9 Å². The van der Waals surface area contributed by atoms with Crippen LogP contribution in [0.1, 0.15) is 17.7 Å². The van der Waals surface area contributed by atoms with E-state index in [2.05, 4.69) is 4.98 Å². The summed E-state index contributed by atoms with van der Waals surface area (Å²) in [4.78, 5) is 14.1. The van der Waals surface area contributed by atoms with Gasteiger partial charge in [-0.25, -0.2) is 13.8 Å². The van der Waals surface area contributed by atoms with Gasteiger partial charge in [0.1, 0.15) is 0 Å². The molecule has 1 aromatic rings. The molecule has 0 spiro atoms. The number of carbonyl (C=O) groups is 1. The number of carboxylic acids is 1. The number of nitrogen functional groups attached to an aromatic ring is 1. The first-order valence-corrected chi connectivity index (χ1v) is 4.29. The number of aliphatic carboxylic acids is 1. The van der Waals surface area contributed by atoms with Crippen LogP contribution in [0, 0.1) is 0 Å². The fourth-order valence-corrected chi connectivity index (χ4v) is 1.20. The van der Waals surface area contributed by atoms with E-state index in [9.17, 15) is 13.6 Å². The Kier molecular flexibility index (Phi) is 3.60. The van der Waals surface area contributed by atoms with Crippen LogP contribution >= 0.6 is 0 Å². The Morgan fingerprint density at radius 3 is 2.75 bits per heavy atom. The van der Waals surface area contributed by atoms with Crippen LogP contribution in [0.3, 0.4) is 0 Å². The highest BCUT2D eigenvalue weighted by Crippen LogP contribution is 2.29. The molecule has 0 aliphatic carbocycles. The lowest BCUT2D eigenvalue weighted by atomic mass is 10.1. The van der Waals surface area contributed by atoms with Crippen LogP contribution in [0.2, 0.25) is 0 Å². The van der Waals surface area contributed by atoms with E-state index in [4.69, 9.17) is 15.6 Å². The van der Waals surface area contributed by atoms with Crippen molar-refractivity contribution < 1.29 is 23.4 Å². The average molecular weight is 232 g/mol. The average Bonchev–Trinajstić information content (AvgIpc) is 2.19. The third-order valence-corrected chi connectivity index (χ3v) is 1.87. The summed E-state index contributed by atoms with van der Waals surface area (Å²) >= 11 is 0. The van der Waals surface area contributed by atoms with Gasteiger partial charge in [0, 0.05) is 5.56 Å². The summed E-state index contributed by atoms with van der Waals surface area (Å²) in [6.45, 7) is 0. The minimum absolute atomic E-state index is 0.0491. The van der Waals surface area contributed by atoms with Crippen molar-refractivity contribution >= 4 is 11.7 Å². The molecule has 88 valence electrons. The van der Waals surface area contributed by atoms with Crippen LogP contribution in [0.15, 0.2) is 6.07 Å². The number of pyridine rings is 1. The number of alkyl halides is 2. The molecule has 1 rings (SSSR count). The number of methoxy groups -OCH3 is 1. The summed E-state index contributed by atoms with van der Waals surface area (Å²) < 4.78 is 29.9. The molecular formula is C9H10F2N2O3. The number of carboxylic acid groups (broad SMARTS) is 1. The zero-order chi connectivity index (χ0) is 12.3. The number of nitrogens with zero attached hydrogens (tertiary/aromatic N) is 1. The Hall–Kier alpha value is -1.92. The molecule has 5 nitrogen and oxygen atoms in total. The van der Waals surface area contributed by atoms with Crippen molar-refractivity contribution in [2.24, 2.45) is 0 Å². The Morgan fingerprint density at radius 2 is 2.31 bits per heavy atom. The molecule has 0 saturated carbocycles. The molecular weight excluding hydrogens is 222 g/mol. The molecule has 0 fully saturated rings. The maximum absolute atomic E-state index is 12.6. The highest BCUT2D eigenvalue weighted by Gasteiger charge is 2.19. The van der Waals surface area contributed by atoms with Crippen LogP contribution in [-0.4, -0.2) is 23.2 Å². The monoisotopic (exact) mass is 232 g/mol. The smallest absolute Gasteiger partial charge is 0.309 e. The fraction of sp³-hybridized carbons (Fsp3) is 0.333. The zero-order valence-electron chi connectivity index (χ0n) is 8.41. The molecule has 0 amide bonds. The van der Waals surface area contributed by atoms with Gasteiger partial charge in [-0.2, -0.15) is 0 Å². The predicted molar refractivity (Wildman–Crippen MR) is 51.5 cm³/mol. The maximum atomic E-state index is 12.6. The lowest BCUT2D eigenvalue weighted by Gasteiger charge is -2.10. The number of hydrogen-bond acceptors (Lipinski definition) is 4. The molecule has 0 saturated heterocycles. The summed E-state index contributed by atoms with van der Waals surface area (Å²) in [5, 5.41) is 8.55. The molecule has 0 aliphatic rings. The van der Waals surface area contributed by atoms with Crippen LogP contribution < -0.4 is 10.5 Å². The first-order chi connectivity index (χ1) is 7.45. The van der Waals surface area contributed by atoms with Crippen molar-refractivity contribution in [1.82, 2.24) is 4.98 Å². The molecule has 0 atom stereocenters. The first-order valence-electron chi connectivity index (χ1n) is 4.29. The van der Waals surface area contributed by atoms with E-state index in [1.807, 2.05) is 0 Å². The molecule has 0 bridgehead atoms. The molecule has 0 unspecified atom stereocenters. The summed E-state index contributed by atoms with van der Waals surface area (Å²) in [5.74, 6) is -1.30. The summed E-state index contributed by atoms with van der Waals surface area (Å²) in [5.41, 5.74) is 4.62. The second-order valence-electron chi connectivity index (χ2n) is 2.99. The van der Waals surface area contributed by atoms with Gasteiger partial charge in [-0.1, -0.05) is 0 Å². The third kappa shape index (κ3) is 2.56. The Bertz CT molecular complexity index is 410. The minimum Gasteiger partial charge on any atom is -0.481 e. The number of nitrogens with two attached hydrogens (primary N) is 1. The van der Waals surface area contributed by atoms with Crippen molar-refractivity contribution in [2.75, 3.05) is 12.8 Å².